The van der Waals surface area contributed by atoms with E-state index in [9.17, 15) is 22.4 Å². The van der Waals surface area contributed by atoms with Crippen molar-refractivity contribution in [1.29, 1.82) is 0 Å². The number of carbonyl (C=O) groups excluding carboxylic acids is 2. The first-order valence-electron chi connectivity index (χ1n) is 15.1. The normalized spacial score (nSPS) is 21.4. The fraction of sp³-hybridized carbons (Fsp3) is 0.394. The zero-order valence-electron chi connectivity index (χ0n) is 25.1. The smallest absolute Gasteiger partial charge is 0.256 e. The summed E-state index contributed by atoms with van der Waals surface area (Å²) in [5.41, 5.74) is 4.07. The number of benzene rings is 2. The van der Waals surface area contributed by atoms with Gasteiger partial charge in [0, 0.05) is 63.9 Å². The van der Waals surface area contributed by atoms with Crippen molar-refractivity contribution in [2.75, 3.05) is 31.5 Å². The van der Waals surface area contributed by atoms with E-state index in [1.807, 2.05) is 18.7 Å². The Hall–Kier alpha value is -3.18. The number of carbonyl (C=O) groups is 2. The molecule has 3 aromatic rings. The van der Waals surface area contributed by atoms with Crippen LogP contribution in [-0.4, -0.2) is 73.4 Å². The van der Waals surface area contributed by atoms with E-state index in [-0.39, 0.29) is 38.4 Å². The molecule has 2 fully saturated rings. The van der Waals surface area contributed by atoms with E-state index in [0.29, 0.717) is 65.4 Å². The van der Waals surface area contributed by atoms with Crippen molar-refractivity contribution in [3.63, 3.8) is 0 Å². The third-order valence-electron chi connectivity index (χ3n) is 9.06. The number of anilines is 1. The van der Waals surface area contributed by atoms with Gasteiger partial charge in [-0.3, -0.25) is 14.5 Å². The lowest BCUT2D eigenvalue weighted by Gasteiger charge is -2.34. The minimum Gasteiger partial charge on any atom is -0.358 e. The molecule has 12 heteroatoms. The highest BCUT2D eigenvalue weighted by Gasteiger charge is 2.35. The molecule has 3 aliphatic rings. The topological polar surface area (TPSA) is 103 Å². The van der Waals surface area contributed by atoms with Gasteiger partial charge >= 0.3 is 0 Å². The standard InChI is InChI=1S/C33H35Cl2FN4O4S/c1-19-30(37-20(2)31(19)33(42)40-13-5-7-22(40)17-39-12-4-6-21(36)16-39)15-25-24-14-23(10-11-29(24)38-32(25)41)45(43,44)18-26-27(34)8-3-9-28(26)35/h3,8-11,14-15,21-22,37H,4-7,12-13,16-18H2,1-2H3,(H,38,41)/b25-15-/t21?,22-/m0/s1. The number of halogens is 3. The summed E-state index contributed by atoms with van der Waals surface area (Å²) in [6.07, 6.45) is 4.05. The highest BCUT2D eigenvalue weighted by atomic mass is 35.5. The third-order valence-corrected chi connectivity index (χ3v) is 11.4. The molecule has 1 unspecified atom stereocenters. The van der Waals surface area contributed by atoms with Gasteiger partial charge in [-0.2, -0.15) is 0 Å². The molecule has 3 aliphatic heterocycles. The van der Waals surface area contributed by atoms with Crippen LogP contribution in [0.2, 0.25) is 10.0 Å². The zero-order valence-corrected chi connectivity index (χ0v) is 27.5. The molecule has 2 amide bonds. The Labute approximate surface area is 272 Å². The van der Waals surface area contributed by atoms with Crippen LogP contribution in [0.25, 0.3) is 11.6 Å². The van der Waals surface area contributed by atoms with E-state index in [1.165, 1.54) is 12.1 Å². The van der Waals surface area contributed by atoms with E-state index in [4.69, 9.17) is 23.2 Å². The molecule has 2 saturated heterocycles. The number of piperidine rings is 1. The lowest BCUT2D eigenvalue weighted by molar-refractivity contribution is -0.110. The second-order valence-corrected chi connectivity index (χ2v) is 14.9. The molecule has 6 rings (SSSR count). The first-order chi connectivity index (χ1) is 21.4. The molecule has 0 saturated carbocycles. The van der Waals surface area contributed by atoms with Crippen molar-refractivity contribution in [2.45, 2.75) is 62.4 Å². The van der Waals surface area contributed by atoms with Crippen LogP contribution in [0.5, 0.6) is 0 Å². The lowest BCUT2D eigenvalue weighted by atomic mass is 10.0. The summed E-state index contributed by atoms with van der Waals surface area (Å²) in [4.78, 5) is 34.3. The van der Waals surface area contributed by atoms with Crippen molar-refractivity contribution in [3.8, 4) is 0 Å². The van der Waals surface area contributed by atoms with Gasteiger partial charge in [0.25, 0.3) is 11.8 Å². The fourth-order valence-electron chi connectivity index (χ4n) is 6.73. The van der Waals surface area contributed by atoms with Crippen molar-refractivity contribution < 1.29 is 22.4 Å². The number of aromatic amines is 1. The number of fused-ring (bicyclic) bond motifs is 1. The summed E-state index contributed by atoms with van der Waals surface area (Å²) < 4.78 is 40.8. The number of H-pyrrole nitrogens is 1. The molecular formula is C33H35Cl2FN4O4S. The van der Waals surface area contributed by atoms with Gasteiger partial charge in [-0.05, 0) is 88.0 Å². The Bertz CT molecular complexity index is 1800. The fourth-order valence-corrected chi connectivity index (χ4v) is 8.85. The number of aryl methyl sites for hydroxylation is 1. The van der Waals surface area contributed by atoms with Crippen LogP contribution in [-0.2, 0) is 20.4 Å². The molecule has 4 heterocycles. The first-order valence-corrected chi connectivity index (χ1v) is 17.5. The summed E-state index contributed by atoms with van der Waals surface area (Å²) in [5, 5.41) is 3.32. The molecule has 0 aliphatic carbocycles. The number of nitrogens with one attached hydrogen (secondary N) is 2. The zero-order chi connectivity index (χ0) is 32.0. The average Bonchev–Trinajstić information content (AvgIpc) is 3.65. The maximum absolute atomic E-state index is 14.0. The van der Waals surface area contributed by atoms with Crippen LogP contribution in [0, 0.1) is 13.8 Å². The molecule has 0 radical (unpaired) electrons. The molecule has 1 aromatic heterocycles. The van der Waals surface area contributed by atoms with Crippen LogP contribution in [0.4, 0.5) is 10.1 Å². The molecule has 0 bridgehead atoms. The highest BCUT2D eigenvalue weighted by Crippen LogP contribution is 2.37. The van der Waals surface area contributed by atoms with Gasteiger partial charge in [0.05, 0.1) is 21.8 Å². The Balaban J connectivity index is 1.27. The number of hydrogen-bond acceptors (Lipinski definition) is 5. The second kappa shape index (κ2) is 12.5. The first kappa shape index (κ1) is 31.8. The number of rotatable bonds is 7. The van der Waals surface area contributed by atoms with Gasteiger partial charge in [-0.15, -0.1) is 0 Å². The number of alkyl halides is 1. The quantitative estimate of drug-likeness (QED) is 0.281. The number of likely N-dealkylation sites (tertiary alicyclic amines) is 2. The van der Waals surface area contributed by atoms with Gasteiger partial charge in [-0.1, -0.05) is 29.3 Å². The van der Waals surface area contributed by atoms with Gasteiger partial charge < -0.3 is 15.2 Å². The molecule has 0 spiro atoms. The van der Waals surface area contributed by atoms with E-state index in [2.05, 4.69) is 15.2 Å². The van der Waals surface area contributed by atoms with E-state index in [0.717, 1.165) is 25.8 Å². The summed E-state index contributed by atoms with van der Waals surface area (Å²) in [6, 6.07) is 9.34. The maximum Gasteiger partial charge on any atom is 0.256 e. The summed E-state index contributed by atoms with van der Waals surface area (Å²) in [6.45, 7) is 6.24. The molecule has 2 N–H and O–H groups in total. The van der Waals surface area contributed by atoms with E-state index < -0.39 is 21.8 Å². The van der Waals surface area contributed by atoms with Crippen molar-refractivity contribution in [2.24, 2.45) is 0 Å². The van der Waals surface area contributed by atoms with Gasteiger partial charge in [-0.25, -0.2) is 12.8 Å². The van der Waals surface area contributed by atoms with Crippen molar-refractivity contribution >= 4 is 62.2 Å². The van der Waals surface area contributed by atoms with Crippen molar-refractivity contribution in [1.82, 2.24) is 14.8 Å². The molecule has 8 nitrogen and oxygen atoms in total. The molecular weight excluding hydrogens is 638 g/mol. The summed E-state index contributed by atoms with van der Waals surface area (Å²) in [7, 11) is -3.86. The largest absolute Gasteiger partial charge is 0.358 e. The Morgan fingerprint density at radius 3 is 2.56 bits per heavy atom. The predicted octanol–water partition coefficient (Wildman–Crippen LogP) is 6.44. The monoisotopic (exact) mass is 672 g/mol. The minimum absolute atomic E-state index is 0.0202. The highest BCUT2D eigenvalue weighted by molar-refractivity contribution is 7.90. The second-order valence-electron chi connectivity index (χ2n) is 12.1. The van der Waals surface area contributed by atoms with Gasteiger partial charge in [0.15, 0.2) is 9.84 Å². The molecule has 238 valence electrons. The van der Waals surface area contributed by atoms with Crippen molar-refractivity contribution in [3.05, 3.63) is 80.1 Å². The van der Waals surface area contributed by atoms with Crippen LogP contribution >= 0.6 is 23.2 Å². The number of aromatic nitrogens is 1. The Morgan fingerprint density at radius 1 is 1.09 bits per heavy atom. The van der Waals surface area contributed by atoms with Gasteiger partial charge in [0.1, 0.15) is 6.17 Å². The Morgan fingerprint density at radius 2 is 1.82 bits per heavy atom. The maximum atomic E-state index is 14.0. The van der Waals surface area contributed by atoms with E-state index in [1.54, 1.807) is 30.3 Å². The number of amides is 2. The lowest BCUT2D eigenvalue weighted by Crippen LogP contribution is -2.46. The predicted molar refractivity (Wildman–Crippen MR) is 175 cm³/mol. The number of hydrogen-bond donors (Lipinski definition) is 2. The third kappa shape index (κ3) is 6.30. The van der Waals surface area contributed by atoms with Crippen LogP contribution in [0.15, 0.2) is 41.3 Å². The SMILES string of the molecule is Cc1[nH]c(/C=C2\C(=O)Nc3ccc(S(=O)(=O)Cc4c(Cl)cccc4Cl)cc32)c(C)c1C(=O)N1CCC[C@H]1CN1CCCC(F)C1. The summed E-state index contributed by atoms with van der Waals surface area (Å²) >= 11 is 12.5. The molecule has 2 atom stereocenters. The van der Waals surface area contributed by atoms with Crippen LogP contribution in [0.1, 0.15) is 64.1 Å². The van der Waals surface area contributed by atoms with Gasteiger partial charge in [0.2, 0.25) is 0 Å². The van der Waals surface area contributed by atoms with Crippen LogP contribution < -0.4 is 5.32 Å². The molecule has 2 aromatic carbocycles. The molecule has 45 heavy (non-hydrogen) atoms. The van der Waals surface area contributed by atoms with E-state index >= 15 is 0 Å². The number of nitrogens with zero attached hydrogens (tertiary/aromatic N) is 2. The summed E-state index contributed by atoms with van der Waals surface area (Å²) in [5.74, 6) is -0.847. The average molecular weight is 674 g/mol. The minimum atomic E-state index is -3.86. The van der Waals surface area contributed by atoms with Crippen LogP contribution in [0.3, 0.4) is 0 Å². The Kier molecular flexibility index (Phi) is 8.86. The number of sulfone groups is 1.